The number of aliphatic hydroxyl groups is 1. The molecule has 0 fully saturated rings. The third-order valence-corrected chi connectivity index (χ3v) is 3.39. The quantitative estimate of drug-likeness (QED) is 0.454. The standard InChI is InChI=1S/C14H12O2.C4H10O.C3H5ClO2/c15-13(11-7-3-1-4-8-11)14(16)12-9-5-2-6-10-12;1-3-5-4-2;1-6-3(5)2-4/h1-10,13,15H;3-4H2,1-2H3;2H2,1H3. The molecule has 6 heteroatoms. The highest BCUT2D eigenvalue weighted by Crippen LogP contribution is 2.17. The van der Waals surface area contributed by atoms with Gasteiger partial charge >= 0.3 is 5.97 Å². The van der Waals surface area contributed by atoms with Crippen molar-refractivity contribution >= 4 is 23.4 Å². The molecule has 2 aromatic carbocycles. The van der Waals surface area contributed by atoms with Crippen LogP contribution in [0.4, 0.5) is 0 Å². The highest BCUT2D eigenvalue weighted by molar-refractivity contribution is 6.26. The Kier molecular flexibility index (Phi) is 14.7. The van der Waals surface area contributed by atoms with Gasteiger partial charge in [-0.3, -0.25) is 9.59 Å². The van der Waals surface area contributed by atoms with E-state index in [0.29, 0.717) is 11.1 Å². The van der Waals surface area contributed by atoms with Gasteiger partial charge in [0.05, 0.1) is 7.11 Å². The summed E-state index contributed by atoms with van der Waals surface area (Å²) >= 11 is 4.98. The van der Waals surface area contributed by atoms with E-state index >= 15 is 0 Å². The number of alkyl halides is 1. The molecular weight excluding hydrogens is 368 g/mol. The second kappa shape index (κ2) is 16.0. The molecule has 2 aromatic rings. The maximum absolute atomic E-state index is 11.9. The number of rotatable bonds is 6. The van der Waals surface area contributed by atoms with Crippen molar-refractivity contribution in [2.45, 2.75) is 20.0 Å². The summed E-state index contributed by atoms with van der Waals surface area (Å²) < 4.78 is 8.96. The maximum atomic E-state index is 11.9. The molecule has 1 unspecified atom stereocenters. The zero-order valence-electron chi connectivity index (χ0n) is 15.9. The van der Waals surface area contributed by atoms with E-state index in [-0.39, 0.29) is 11.7 Å². The van der Waals surface area contributed by atoms with Gasteiger partial charge in [-0.1, -0.05) is 60.7 Å². The summed E-state index contributed by atoms with van der Waals surface area (Å²) in [7, 11) is 1.30. The second-order valence-electron chi connectivity index (χ2n) is 5.03. The lowest BCUT2D eigenvalue weighted by Gasteiger charge is -2.09. The highest BCUT2D eigenvalue weighted by Gasteiger charge is 2.18. The van der Waals surface area contributed by atoms with E-state index in [2.05, 4.69) is 4.74 Å². The molecule has 27 heavy (non-hydrogen) atoms. The number of esters is 1. The van der Waals surface area contributed by atoms with Crippen molar-refractivity contribution in [1.29, 1.82) is 0 Å². The minimum Gasteiger partial charge on any atom is -0.468 e. The molecule has 0 saturated carbocycles. The van der Waals surface area contributed by atoms with Gasteiger partial charge in [0.15, 0.2) is 5.78 Å². The zero-order valence-corrected chi connectivity index (χ0v) is 16.7. The van der Waals surface area contributed by atoms with E-state index < -0.39 is 12.1 Å². The minimum atomic E-state index is -1.08. The van der Waals surface area contributed by atoms with Crippen LogP contribution in [0.15, 0.2) is 60.7 Å². The van der Waals surface area contributed by atoms with Crippen LogP contribution in [0.1, 0.15) is 35.9 Å². The number of Topliss-reactive ketones (excluding diaryl/α,β-unsaturated/α-hetero) is 1. The molecule has 0 aromatic heterocycles. The molecule has 0 bridgehead atoms. The van der Waals surface area contributed by atoms with Gasteiger partial charge in [-0.25, -0.2) is 0 Å². The number of hydrogen-bond acceptors (Lipinski definition) is 5. The molecule has 148 valence electrons. The van der Waals surface area contributed by atoms with Crippen molar-refractivity contribution in [3.8, 4) is 0 Å². The van der Waals surface area contributed by atoms with E-state index in [1.54, 1.807) is 48.5 Å². The molecular formula is C21H27ClO5. The fourth-order valence-electron chi connectivity index (χ4n) is 1.81. The number of ketones is 1. The first-order chi connectivity index (χ1) is 13.0. The topological polar surface area (TPSA) is 72.8 Å². The van der Waals surface area contributed by atoms with Gasteiger partial charge < -0.3 is 14.6 Å². The Balaban J connectivity index is 0.000000511. The predicted molar refractivity (Wildman–Crippen MR) is 107 cm³/mol. The molecule has 0 heterocycles. The SMILES string of the molecule is CCOCC.COC(=O)CCl.O=C(c1ccccc1)C(O)c1ccccc1. The first-order valence-electron chi connectivity index (χ1n) is 8.54. The Labute approximate surface area is 165 Å². The third kappa shape index (κ3) is 11.2. The van der Waals surface area contributed by atoms with E-state index in [4.69, 9.17) is 16.3 Å². The number of aliphatic hydroxyl groups excluding tert-OH is 1. The lowest BCUT2D eigenvalue weighted by atomic mass is 10.0. The molecule has 2 rings (SSSR count). The van der Waals surface area contributed by atoms with Crippen LogP contribution >= 0.6 is 11.6 Å². The summed E-state index contributed by atoms with van der Waals surface area (Å²) in [5.41, 5.74) is 1.15. The van der Waals surface area contributed by atoms with E-state index in [0.717, 1.165) is 13.2 Å². The number of halogens is 1. The Morgan fingerprint density at radius 2 is 1.44 bits per heavy atom. The van der Waals surface area contributed by atoms with Gasteiger partial charge in [-0.15, -0.1) is 11.6 Å². The molecule has 0 saturated heterocycles. The van der Waals surface area contributed by atoms with Crippen molar-refractivity contribution in [1.82, 2.24) is 0 Å². The van der Waals surface area contributed by atoms with Crippen molar-refractivity contribution in [2.24, 2.45) is 0 Å². The molecule has 0 spiro atoms. The van der Waals surface area contributed by atoms with Gasteiger partial charge in [-0.05, 0) is 19.4 Å². The Morgan fingerprint density at radius 1 is 0.963 bits per heavy atom. The van der Waals surface area contributed by atoms with Crippen LogP contribution < -0.4 is 0 Å². The fourth-order valence-corrected chi connectivity index (χ4v) is 1.91. The summed E-state index contributed by atoms with van der Waals surface area (Å²) in [6.45, 7) is 5.67. The molecule has 0 amide bonds. The smallest absolute Gasteiger partial charge is 0.320 e. The molecule has 5 nitrogen and oxygen atoms in total. The monoisotopic (exact) mass is 394 g/mol. The van der Waals surface area contributed by atoms with Gasteiger partial charge in [0.2, 0.25) is 0 Å². The maximum Gasteiger partial charge on any atom is 0.320 e. The van der Waals surface area contributed by atoms with Crippen LogP contribution in [0, 0.1) is 0 Å². The summed E-state index contributed by atoms with van der Waals surface area (Å²) in [6.07, 6.45) is -1.08. The second-order valence-corrected chi connectivity index (χ2v) is 5.30. The predicted octanol–water partition coefficient (Wildman–Crippen LogP) is 4.04. The van der Waals surface area contributed by atoms with Crippen LogP contribution in [0.25, 0.3) is 0 Å². The van der Waals surface area contributed by atoms with Crippen molar-refractivity contribution in [3.63, 3.8) is 0 Å². The normalized spacial score (nSPS) is 10.4. The number of hydrogen-bond donors (Lipinski definition) is 1. The van der Waals surface area contributed by atoms with E-state index in [1.165, 1.54) is 7.11 Å². The van der Waals surface area contributed by atoms with Crippen LogP contribution in [-0.4, -0.2) is 43.1 Å². The third-order valence-electron chi connectivity index (χ3n) is 3.17. The number of methoxy groups -OCH3 is 1. The van der Waals surface area contributed by atoms with Gasteiger partial charge in [0.25, 0.3) is 0 Å². The summed E-state index contributed by atoms with van der Waals surface area (Å²) in [5.74, 6) is -0.722. The first-order valence-corrected chi connectivity index (χ1v) is 9.07. The van der Waals surface area contributed by atoms with Crippen LogP contribution in [0.2, 0.25) is 0 Å². The number of benzene rings is 2. The first kappa shape index (κ1) is 24.8. The Morgan fingerprint density at radius 3 is 1.78 bits per heavy atom. The van der Waals surface area contributed by atoms with Gasteiger partial charge in [0.1, 0.15) is 12.0 Å². The summed E-state index contributed by atoms with van der Waals surface area (Å²) in [5, 5.41) is 9.89. The van der Waals surface area contributed by atoms with Crippen molar-refractivity contribution < 1.29 is 24.2 Å². The Bertz CT molecular complexity index is 624. The van der Waals surface area contributed by atoms with Crippen molar-refractivity contribution in [2.75, 3.05) is 26.2 Å². The number of carbonyl (C=O) groups excluding carboxylic acids is 2. The molecule has 1 atom stereocenters. The lowest BCUT2D eigenvalue weighted by Crippen LogP contribution is -2.11. The minimum absolute atomic E-state index is 0.0590. The molecule has 0 aliphatic rings. The highest BCUT2D eigenvalue weighted by atomic mass is 35.5. The summed E-state index contributed by atoms with van der Waals surface area (Å²) in [4.78, 5) is 21.7. The van der Waals surface area contributed by atoms with Gasteiger partial charge in [-0.2, -0.15) is 0 Å². The number of carbonyl (C=O) groups is 2. The Hall–Kier alpha value is -2.21. The average molecular weight is 395 g/mol. The average Bonchev–Trinajstić information content (AvgIpc) is 2.74. The van der Waals surface area contributed by atoms with E-state index in [9.17, 15) is 14.7 Å². The largest absolute Gasteiger partial charge is 0.468 e. The molecule has 1 N–H and O–H groups in total. The van der Waals surface area contributed by atoms with E-state index in [1.807, 2.05) is 26.0 Å². The van der Waals surface area contributed by atoms with Gasteiger partial charge in [0, 0.05) is 18.8 Å². The summed E-state index contributed by atoms with van der Waals surface area (Å²) in [6, 6.07) is 17.7. The van der Waals surface area contributed by atoms with Crippen LogP contribution in [0.5, 0.6) is 0 Å². The molecule has 0 aliphatic carbocycles. The zero-order chi connectivity index (χ0) is 20.5. The lowest BCUT2D eigenvalue weighted by molar-refractivity contribution is -0.137. The molecule has 0 radical (unpaired) electrons. The number of ether oxygens (including phenoxy) is 2. The van der Waals surface area contributed by atoms with Crippen molar-refractivity contribution in [3.05, 3.63) is 71.8 Å². The molecule has 0 aliphatic heterocycles. The van der Waals surface area contributed by atoms with Crippen LogP contribution in [0.3, 0.4) is 0 Å². The fraction of sp³-hybridized carbons (Fsp3) is 0.333. The van der Waals surface area contributed by atoms with Crippen LogP contribution in [-0.2, 0) is 14.3 Å².